The van der Waals surface area contributed by atoms with Gasteiger partial charge in [0, 0.05) is 17.3 Å². The second-order valence-corrected chi connectivity index (χ2v) is 5.29. The SMILES string of the molecule is CC1(n2cncc2-c2cccnc2N)CCCC1. The van der Waals surface area contributed by atoms with Gasteiger partial charge in [-0.25, -0.2) is 9.97 Å². The van der Waals surface area contributed by atoms with Gasteiger partial charge in [0.2, 0.25) is 0 Å². The van der Waals surface area contributed by atoms with Crippen molar-refractivity contribution in [3.63, 3.8) is 0 Å². The van der Waals surface area contributed by atoms with Crippen molar-refractivity contribution in [1.29, 1.82) is 0 Å². The van der Waals surface area contributed by atoms with Crippen LogP contribution in [0.1, 0.15) is 32.6 Å². The Morgan fingerprint density at radius 1 is 1.33 bits per heavy atom. The monoisotopic (exact) mass is 242 g/mol. The molecule has 0 atom stereocenters. The van der Waals surface area contributed by atoms with Crippen molar-refractivity contribution >= 4 is 5.82 Å². The van der Waals surface area contributed by atoms with Crippen molar-refractivity contribution in [3.8, 4) is 11.3 Å². The normalized spacial score (nSPS) is 18.1. The van der Waals surface area contributed by atoms with Crippen molar-refractivity contribution in [2.24, 2.45) is 0 Å². The van der Waals surface area contributed by atoms with Crippen molar-refractivity contribution < 1.29 is 0 Å². The van der Waals surface area contributed by atoms with Gasteiger partial charge in [-0.1, -0.05) is 12.8 Å². The Balaban J connectivity index is 2.10. The molecule has 1 aliphatic carbocycles. The maximum absolute atomic E-state index is 5.97. The third kappa shape index (κ3) is 1.68. The zero-order valence-electron chi connectivity index (χ0n) is 10.6. The van der Waals surface area contributed by atoms with Crippen LogP contribution in [0, 0.1) is 0 Å². The van der Waals surface area contributed by atoms with E-state index in [4.69, 9.17) is 5.73 Å². The minimum atomic E-state index is 0.175. The number of aromatic nitrogens is 3. The molecule has 2 heterocycles. The lowest BCUT2D eigenvalue weighted by molar-refractivity contribution is 0.332. The summed E-state index contributed by atoms with van der Waals surface area (Å²) >= 11 is 0. The van der Waals surface area contributed by atoms with Crippen LogP contribution in [0.5, 0.6) is 0 Å². The number of imidazole rings is 1. The van der Waals surface area contributed by atoms with E-state index in [0.717, 1.165) is 11.3 Å². The van der Waals surface area contributed by atoms with Crippen LogP contribution in [0.15, 0.2) is 30.9 Å². The minimum absolute atomic E-state index is 0.175. The summed E-state index contributed by atoms with van der Waals surface area (Å²) in [5.41, 5.74) is 8.19. The lowest BCUT2D eigenvalue weighted by atomic mass is 9.99. The van der Waals surface area contributed by atoms with Crippen LogP contribution in [0.3, 0.4) is 0 Å². The van der Waals surface area contributed by atoms with Crippen LogP contribution in [0.2, 0.25) is 0 Å². The molecular formula is C14H18N4. The first-order chi connectivity index (χ1) is 8.71. The van der Waals surface area contributed by atoms with E-state index < -0.39 is 0 Å². The molecule has 0 aliphatic heterocycles. The zero-order chi connectivity index (χ0) is 12.6. The third-order valence-corrected chi connectivity index (χ3v) is 4.02. The van der Waals surface area contributed by atoms with Gasteiger partial charge in [0.05, 0.1) is 18.2 Å². The Labute approximate surface area is 107 Å². The van der Waals surface area contributed by atoms with Gasteiger partial charge >= 0.3 is 0 Å². The van der Waals surface area contributed by atoms with Crippen LogP contribution < -0.4 is 5.73 Å². The molecule has 0 unspecified atom stereocenters. The average Bonchev–Trinajstić information content (AvgIpc) is 2.99. The highest BCUT2D eigenvalue weighted by Gasteiger charge is 2.32. The van der Waals surface area contributed by atoms with Gasteiger partial charge in [0.15, 0.2) is 0 Å². The summed E-state index contributed by atoms with van der Waals surface area (Å²) in [5.74, 6) is 0.570. The van der Waals surface area contributed by atoms with Crippen LogP contribution in [-0.2, 0) is 5.54 Å². The molecule has 18 heavy (non-hydrogen) atoms. The number of rotatable bonds is 2. The molecule has 4 heteroatoms. The lowest BCUT2D eigenvalue weighted by Crippen LogP contribution is -2.26. The van der Waals surface area contributed by atoms with Crippen molar-refractivity contribution in [3.05, 3.63) is 30.9 Å². The Morgan fingerprint density at radius 3 is 2.83 bits per heavy atom. The molecule has 1 fully saturated rings. The lowest BCUT2D eigenvalue weighted by Gasteiger charge is -2.28. The van der Waals surface area contributed by atoms with E-state index in [2.05, 4.69) is 21.5 Å². The summed E-state index contributed by atoms with van der Waals surface area (Å²) in [4.78, 5) is 8.47. The fourth-order valence-electron chi connectivity index (χ4n) is 2.94. The topological polar surface area (TPSA) is 56.7 Å². The highest BCUT2D eigenvalue weighted by molar-refractivity contribution is 5.70. The molecule has 3 rings (SSSR count). The number of nitrogen functional groups attached to an aromatic ring is 1. The highest BCUT2D eigenvalue weighted by Crippen LogP contribution is 2.39. The molecule has 2 aromatic rings. The summed E-state index contributed by atoms with van der Waals surface area (Å²) in [6, 6.07) is 3.92. The summed E-state index contributed by atoms with van der Waals surface area (Å²) < 4.78 is 2.27. The average molecular weight is 242 g/mol. The van der Waals surface area contributed by atoms with Crippen LogP contribution in [-0.4, -0.2) is 14.5 Å². The fourth-order valence-corrected chi connectivity index (χ4v) is 2.94. The van der Waals surface area contributed by atoms with E-state index in [1.165, 1.54) is 25.7 Å². The molecule has 94 valence electrons. The number of hydrogen-bond acceptors (Lipinski definition) is 3. The highest BCUT2D eigenvalue weighted by atomic mass is 15.1. The molecule has 4 nitrogen and oxygen atoms in total. The van der Waals surface area contributed by atoms with Gasteiger partial charge in [-0.05, 0) is 31.9 Å². The van der Waals surface area contributed by atoms with Gasteiger partial charge in [-0.3, -0.25) is 0 Å². The smallest absolute Gasteiger partial charge is 0.132 e. The predicted octanol–water partition coefficient (Wildman–Crippen LogP) is 2.82. The molecule has 0 spiro atoms. The molecule has 1 aliphatic rings. The van der Waals surface area contributed by atoms with E-state index in [0.29, 0.717) is 5.82 Å². The third-order valence-electron chi connectivity index (χ3n) is 4.02. The van der Waals surface area contributed by atoms with Crippen LogP contribution in [0.4, 0.5) is 5.82 Å². The number of nitrogens with two attached hydrogens (primary N) is 1. The fraction of sp³-hybridized carbons (Fsp3) is 0.429. The minimum Gasteiger partial charge on any atom is -0.383 e. The summed E-state index contributed by atoms with van der Waals surface area (Å²) in [5, 5.41) is 0. The molecule has 1 saturated carbocycles. The van der Waals surface area contributed by atoms with Crippen molar-refractivity contribution in [1.82, 2.24) is 14.5 Å². The first-order valence-corrected chi connectivity index (χ1v) is 6.44. The molecule has 0 saturated heterocycles. The largest absolute Gasteiger partial charge is 0.383 e. The molecule has 2 aromatic heterocycles. The van der Waals surface area contributed by atoms with Gasteiger partial charge in [-0.2, -0.15) is 0 Å². The summed E-state index contributed by atoms with van der Waals surface area (Å²) in [6.45, 7) is 2.30. The van der Waals surface area contributed by atoms with E-state index in [-0.39, 0.29) is 5.54 Å². The Hall–Kier alpha value is -1.84. The zero-order valence-corrected chi connectivity index (χ0v) is 10.6. The Kier molecular flexibility index (Phi) is 2.58. The first-order valence-electron chi connectivity index (χ1n) is 6.44. The van der Waals surface area contributed by atoms with Gasteiger partial charge in [0.25, 0.3) is 0 Å². The molecular weight excluding hydrogens is 224 g/mol. The van der Waals surface area contributed by atoms with E-state index in [1.807, 2.05) is 24.7 Å². The second-order valence-electron chi connectivity index (χ2n) is 5.29. The van der Waals surface area contributed by atoms with E-state index in [9.17, 15) is 0 Å². The molecule has 0 amide bonds. The molecule has 2 N–H and O–H groups in total. The quantitative estimate of drug-likeness (QED) is 0.881. The van der Waals surface area contributed by atoms with Gasteiger partial charge in [-0.15, -0.1) is 0 Å². The maximum atomic E-state index is 5.97. The van der Waals surface area contributed by atoms with Crippen molar-refractivity contribution in [2.45, 2.75) is 38.1 Å². The number of nitrogens with zero attached hydrogens (tertiary/aromatic N) is 3. The second kappa shape index (κ2) is 4.12. The standard InChI is InChI=1S/C14H18N4/c1-14(6-2-3-7-14)18-10-16-9-12(18)11-5-4-8-17-13(11)15/h4-5,8-10H,2-3,6-7H2,1H3,(H2,15,17). The van der Waals surface area contributed by atoms with E-state index >= 15 is 0 Å². The molecule has 0 bridgehead atoms. The van der Waals surface area contributed by atoms with Gasteiger partial charge < -0.3 is 10.3 Å². The summed E-state index contributed by atoms with van der Waals surface area (Å²) in [7, 11) is 0. The summed E-state index contributed by atoms with van der Waals surface area (Å²) in [6.07, 6.45) is 10.5. The number of anilines is 1. The van der Waals surface area contributed by atoms with Crippen molar-refractivity contribution in [2.75, 3.05) is 5.73 Å². The Morgan fingerprint density at radius 2 is 2.11 bits per heavy atom. The number of hydrogen-bond donors (Lipinski definition) is 1. The molecule has 0 aromatic carbocycles. The van der Waals surface area contributed by atoms with Crippen LogP contribution >= 0.6 is 0 Å². The van der Waals surface area contributed by atoms with E-state index in [1.54, 1.807) is 6.20 Å². The molecule has 0 radical (unpaired) electrons. The Bertz CT molecular complexity index is 552. The van der Waals surface area contributed by atoms with Gasteiger partial charge in [0.1, 0.15) is 5.82 Å². The first kappa shape index (κ1) is 11.3. The maximum Gasteiger partial charge on any atom is 0.132 e. The predicted molar refractivity (Wildman–Crippen MR) is 72.0 cm³/mol. The van der Waals surface area contributed by atoms with Crippen LogP contribution in [0.25, 0.3) is 11.3 Å². The number of pyridine rings is 1.